The van der Waals surface area contributed by atoms with Crippen LogP contribution in [0.4, 0.5) is 5.69 Å². The normalized spacial score (nSPS) is 17.6. The average Bonchev–Trinajstić information content (AvgIpc) is 3.25. The minimum absolute atomic E-state index is 0.213. The molecule has 3 aliphatic rings. The quantitative estimate of drug-likeness (QED) is 0.102. The number of methoxy groups -OCH3 is 2. The number of para-hydroxylation sites is 4. The molecular formula is C46H48N2O6P2. The zero-order chi connectivity index (χ0) is 38.1. The molecule has 1 fully saturated rings. The van der Waals surface area contributed by atoms with Crippen LogP contribution >= 0.6 is 17.1 Å². The number of rotatable bonds is 15. The summed E-state index contributed by atoms with van der Waals surface area (Å²) in [7, 11) is -0.00479. The maximum atomic E-state index is 6.66. The molecule has 3 aliphatic carbocycles. The molecule has 0 bridgehead atoms. The van der Waals surface area contributed by atoms with Gasteiger partial charge in [-0.05, 0) is 128 Å². The standard InChI is InChI=1S/C46H48N2O6P2/c1-49-41-31-33-19-15-17-29-39(33)43(45(41)47-55(51-35-21-7-3-8-22-35)52-36-23-9-4-10-24-36)44-40-30-18-16-20-34(40)32-42(50-2)46(44)48-56(53-37-25-11-5-12-26-37)54-38-27-13-6-14-28-38/h3-14,21-28,31-33,39,47-48H,15-20,29-30H2,1-2H3. The van der Waals surface area contributed by atoms with Crippen LogP contribution in [0.25, 0.3) is 5.57 Å². The van der Waals surface area contributed by atoms with Crippen LogP contribution < -0.4 is 33.0 Å². The second-order valence-electron chi connectivity index (χ2n) is 14.1. The second-order valence-corrected chi connectivity index (χ2v) is 16.3. The van der Waals surface area contributed by atoms with E-state index in [-0.39, 0.29) is 5.92 Å². The van der Waals surface area contributed by atoms with Gasteiger partial charge in [-0.15, -0.1) is 0 Å². The van der Waals surface area contributed by atoms with Crippen LogP contribution in [-0.2, 0) is 17.6 Å². The Labute approximate surface area is 332 Å². The summed E-state index contributed by atoms with van der Waals surface area (Å²) in [6, 6.07) is 41.5. The summed E-state index contributed by atoms with van der Waals surface area (Å²) in [5, 5.41) is 7.63. The molecule has 2 N–H and O–H groups in total. The number of anilines is 1. The maximum Gasteiger partial charge on any atom is 0.414 e. The molecule has 0 aromatic heterocycles. The third-order valence-electron chi connectivity index (χ3n) is 10.5. The fourth-order valence-corrected chi connectivity index (χ4v) is 10.3. The zero-order valence-corrected chi connectivity index (χ0v) is 33.6. The van der Waals surface area contributed by atoms with Gasteiger partial charge in [0.15, 0.2) is 0 Å². The minimum atomic E-state index is -1.76. The van der Waals surface area contributed by atoms with E-state index in [4.69, 9.17) is 27.6 Å². The van der Waals surface area contributed by atoms with Crippen LogP contribution in [0.15, 0.2) is 145 Å². The summed E-state index contributed by atoms with van der Waals surface area (Å²) >= 11 is 0. The van der Waals surface area contributed by atoms with Crippen molar-refractivity contribution in [3.8, 4) is 28.7 Å². The Morgan fingerprint density at radius 2 is 1.05 bits per heavy atom. The van der Waals surface area contributed by atoms with Gasteiger partial charge in [-0.1, -0.05) is 85.6 Å². The van der Waals surface area contributed by atoms with Crippen molar-refractivity contribution >= 4 is 28.3 Å². The van der Waals surface area contributed by atoms with Crippen molar-refractivity contribution in [3.05, 3.63) is 162 Å². The molecular weight excluding hydrogens is 738 g/mol. The molecule has 8 nitrogen and oxygen atoms in total. The molecule has 288 valence electrons. The number of hydrogen-bond donors (Lipinski definition) is 2. The van der Waals surface area contributed by atoms with E-state index < -0.39 is 17.1 Å². The molecule has 0 amide bonds. The third-order valence-corrected chi connectivity index (χ3v) is 12.8. The Kier molecular flexibility index (Phi) is 12.3. The van der Waals surface area contributed by atoms with Gasteiger partial charge in [0, 0.05) is 5.56 Å². The summed E-state index contributed by atoms with van der Waals surface area (Å²) in [6.07, 6.45) is 10.9. The van der Waals surface area contributed by atoms with Crippen LogP contribution in [0.3, 0.4) is 0 Å². The van der Waals surface area contributed by atoms with Crippen molar-refractivity contribution in [2.45, 2.75) is 51.4 Å². The van der Waals surface area contributed by atoms with E-state index in [1.165, 1.54) is 23.1 Å². The predicted octanol–water partition coefficient (Wildman–Crippen LogP) is 12.4. The monoisotopic (exact) mass is 786 g/mol. The molecule has 5 aromatic rings. The van der Waals surface area contributed by atoms with E-state index in [9.17, 15) is 0 Å². The highest BCUT2D eigenvalue weighted by Crippen LogP contribution is 2.55. The highest BCUT2D eigenvalue weighted by atomic mass is 31.2. The summed E-state index contributed by atoms with van der Waals surface area (Å²) in [5.74, 6) is 4.88. The van der Waals surface area contributed by atoms with Gasteiger partial charge in [0.1, 0.15) is 34.5 Å². The van der Waals surface area contributed by atoms with Gasteiger partial charge in [-0.3, -0.25) is 10.2 Å². The first-order valence-electron chi connectivity index (χ1n) is 19.5. The lowest BCUT2D eigenvalue weighted by molar-refractivity contribution is 0.269. The molecule has 5 aromatic carbocycles. The Morgan fingerprint density at radius 3 is 1.57 bits per heavy atom. The van der Waals surface area contributed by atoms with E-state index in [2.05, 4.69) is 22.3 Å². The van der Waals surface area contributed by atoms with Gasteiger partial charge < -0.3 is 27.6 Å². The molecule has 2 unspecified atom stereocenters. The number of aryl methyl sites for hydroxylation is 1. The molecule has 56 heavy (non-hydrogen) atoms. The highest BCUT2D eigenvalue weighted by molar-refractivity contribution is 7.49. The lowest BCUT2D eigenvalue weighted by Crippen LogP contribution is -2.30. The largest absolute Gasteiger partial charge is 0.495 e. The molecule has 10 heteroatoms. The van der Waals surface area contributed by atoms with Crippen molar-refractivity contribution in [1.29, 1.82) is 0 Å². The van der Waals surface area contributed by atoms with Gasteiger partial charge in [0.05, 0.1) is 25.6 Å². The highest BCUT2D eigenvalue weighted by Gasteiger charge is 2.40. The first kappa shape index (κ1) is 37.7. The van der Waals surface area contributed by atoms with Crippen molar-refractivity contribution in [3.63, 3.8) is 0 Å². The molecule has 1 saturated carbocycles. The van der Waals surface area contributed by atoms with Gasteiger partial charge in [0.25, 0.3) is 0 Å². The third kappa shape index (κ3) is 8.78. The Balaban J connectivity index is 1.31. The first-order chi connectivity index (χ1) is 27.7. The molecule has 0 radical (unpaired) electrons. The topological polar surface area (TPSA) is 79.4 Å². The zero-order valence-electron chi connectivity index (χ0n) is 31.9. The van der Waals surface area contributed by atoms with Crippen LogP contribution in [-0.4, -0.2) is 14.2 Å². The van der Waals surface area contributed by atoms with Gasteiger partial charge >= 0.3 is 17.1 Å². The van der Waals surface area contributed by atoms with E-state index in [0.717, 1.165) is 73.4 Å². The number of fused-ring (bicyclic) bond motifs is 2. The van der Waals surface area contributed by atoms with Crippen LogP contribution in [0.5, 0.6) is 28.7 Å². The van der Waals surface area contributed by atoms with E-state index in [1.54, 1.807) is 14.2 Å². The van der Waals surface area contributed by atoms with Crippen molar-refractivity contribution in [1.82, 2.24) is 5.09 Å². The predicted molar refractivity (Wildman–Crippen MR) is 226 cm³/mol. The molecule has 0 saturated heterocycles. The van der Waals surface area contributed by atoms with Crippen LogP contribution in [0.1, 0.15) is 55.2 Å². The number of ether oxygens (including phenoxy) is 2. The van der Waals surface area contributed by atoms with Crippen molar-refractivity contribution < 1.29 is 27.6 Å². The fraction of sp³-hybridized carbons (Fsp3) is 0.261. The number of benzene rings is 5. The van der Waals surface area contributed by atoms with Gasteiger partial charge in [-0.2, -0.15) is 0 Å². The van der Waals surface area contributed by atoms with Gasteiger partial charge in [0.2, 0.25) is 0 Å². The van der Waals surface area contributed by atoms with Crippen molar-refractivity contribution in [2.75, 3.05) is 19.3 Å². The Hall–Kier alpha value is -5.16. The summed E-state index contributed by atoms with van der Waals surface area (Å²) in [6.45, 7) is 0. The Morgan fingerprint density at radius 1 is 0.554 bits per heavy atom. The lowest BCUT2D eigenvalue weighted by atomic mass is 9.68. The summed E-state index contributed by atoms with van der Waals surface area (Å²) < 4.78 is 39.3. The SMILES string of the molecule is COC1=CC2CCCCC2C(c2c3c(cc(OC)c2NP(Oc2ccccc2)Oc2ccccc2)CCCC3)=C1NP(Oc1ccccc1)Oc1ccccc1. The van der Waals surface area contributed by atoms with Crippen molar-refractivity contribution in [2.24, 2.45) is 11.8 Å². The number of hydrogen-bond acceptors (Lipinski definition) is 8. The molecule has 8 rings (SSSR count). The first-order valence-corrected chi connectivity index (χ1v) is 21.8. The average molecular weight is 787 g/mol. The molecule has 0 aliphatic heterocycles. The number of allylic oxidation sites excluding steroid dienone is 2. The second kappa shape index (κ2) is 18.2. The fourth-order valence-electron chi connectivity index (χ4n) is 7.98. The van der Waals surface area contributed by atoms with E-state index in [0.29, 0.717) is 28.9 Å². The Bertz CT molecular complexity index is 2040. The van der Waals surface area contributed by atoms with Gasteiger partial charge in [-0.25, -0.2) is 0 Å². The number of nitrogens with one attached hydrogen (secondary N) is 2. The maximum absolute atomic E-state index is 6.66. The summed E-state index contributed by atoms with van der Waals surface area (Å²) in [5.41, 5.74) is 6.65. The molecule has 0 heterocycles. The smallest absolute Gasteiger partial charge is 0.414 e. The van der Waals surface area contributed by atoms with E-state index >= 15 is 0 Å². The summed E-state index contributed by atoms with van der Waals surface area (Å²) in [4.78, 5) is 0. The molecule has 2 atom stereocenters. The van der Waals surface area contributed by atoms with Crippen LogP contribution in [0, 0.1) is 11.8 Å². The van der Waals surface area contributed by atoms with Crippen LogP contribution in [0.2, 0.25) is 0 Å². The minimum Gasteiger partial charge on any atom is -0.495 e. The van der Waals surface area contributed by atoms with E-state index in [1.807, 2.05) is 121 Å². The lowest BCUT2D eigenvalue weighted by Gasteiger charge is -2.40. The molecule has 0 spiro atoms.